The molecule has 0 saturated heterocycles. The van der Waals surface area contributed by atoms with E-state index in [0.717, 1.165) is 28.3 Å². The van der Waals surface area contributed by atoms with E-state index in [9.17, 15) is 4.79 Å². The Morgan fingerprint density at radius 1 is 1.04 bits per heavy atom. The Labute approximate surface area is 148 Å². The number of nitrogens with one attached hydrogen (secondary N) is 1. The summed E-state index contributed by atoms with van der Waals surface area (Å²) in [7, 11) is 1.62. The topological polar surface area (TPSA) is 59.9 Å². The fourth-order valence-electron chi connectivity index (χ4n) is 2.58. The third-order valence-corrected chi connectivity index (χ3v) is 4.68. The second-order valence-corrected chi connectivity index (χ2v) is 6.29. The molecule has 2 heterocycles. The molecule has 0 radical (unpaired) electrons. The fourth-order valence-corrected chi connectivity index (χ4v) is 3.38. The van der Waals surface area contributed by atoms with E-state index in [1.807, 2.05) is 60.0 Å². The zero-order valence-corrected chi connectivity index (χ0v) is 14.3. The van der Waals surface area contributed by atoms with Crippen LogP contribution in [0.5, 0.6) is 5.75 Å². The molecular weight excluding hydrogens is 334 g/mol. The summed E-state index contributed by atoms with van der Waals surface area (Å²) in [6.07, 6.45) is 0. The molecule has 124 valence electrons. The summed E-state index contributed by atoms with van der Waals surface area (Å²) in [6, 6.07) is 19.0. The Morgan fingerprint density at radius 2 is 1.84 bits per heavy atom. The highest BCUT2D eigenvalue weighted by molar-refractivity contribution is 7.12. The van der Waals surface area contributed by atoms with Crippen molar-refractivity contribution >= 4 is 11.3 Å². The highest BCUT2D eigenvalue weighted by Crippen LogP contribution is 2.25. The van der Waals surface area contributed by atoms with Crippen LogP contribution in [0.4, 0.5) is 0 Å². The van der Waals surface area contributed by atoms with Crippen LogP contribution in [0.1, 0.15) is 0 Å². The monoisotopic (exact) mass is 349 g/mol. The van der Waals surface area contributed by atoms with E-state index < -0.39 is 0 Å². The molecule has 0 fully saturated rings. The number of aromatic amines is 1. The molecule has 1 N–H and O–H groups in total. The number of H-pyrrole nitrogens is 1. The molecule has 0 aliphatic rings. The molecule has 4 rings (SSSR count). The number of benzene rings is 2. The lowest BCUT2D eigenvalue weighted by Crippen LogP contribution is -2.12. The molecule has 0 unspecified atom stereocenters. The summed E-state index contributed by atoms with van der Waals surface area (Å²) < 4.78 is 6.71. The molecule has 5 nitrogen and oxygen atoms in total. The normalized spacial score (nSPS) is 10.8. The van der Waals surface area contributed by atoms with E-state index in [-0.39, 0.29) is 5.56 Å². The van der Waals surface area contributed by atoms with Crippen LogP contribution in [0, 0.1) is 0 Å². The van der Waals surface area contributed by atoms with Crippen molar-refractivity contribution < 1.29 is 4.74 Å². The van der Waals surface area contributed by atoms with Gasteiger partial charge in [0.25, 0.3) is 5.56 Å². The predicted molar refractivity (Wildman–Crippen MR) is 99.5 cm³/mol. The fraction of sp³-hybridized carbons (Fsp3) is 0.0526. The molecular formula is C19H15N3O2S. The number of hydrogen-bond donors (Lipinski definition) is 1. The van der Waals surface area contributed by atoms with Crippen molar-refractivity contribution in [2.24, 2.45) is 0 Å². The van der Waals surface area contributed by atoms with Gasteiger partial charge < -0.3 is 4.74 Å². The Morgan fingerprint density at radius 3 is 2.64 bits per heavy atom. The van der Waals surface area contributed by atoms with Crippen molar-refractivity contribution in [3.05, 3.63) is 76.4 Å². The summed E-state index contributed by atoms with van der Waals surface area (Å²) in [4.78, 5) is 17.0. The van der Waals surface area contributed by atoms with Gasteiger partial charge in [0, 0.05) is 22.6 Å². The van der Waals surface area contributed by atoms with Crippen molar-refractivity contribution in [3.8, 4) is 33.4 Å². The average Bonchev–Trinajstić information content (AvgIpc) is 3.29. The molecule has 2 aromatic carbocycles. The third-order valence-electron chi connectivity index (χ3n) is 3.85. The van der Waals surface area contributed by atoms with Gasteiger partial charge in [-0.25, -0.2) is 4.98 Å². The van der Waals surface area contributed by atoms with E-state index in [1.54, 1.807) is 13.2 Å². The lowest BCUT2D eigenvalue weighted by atomic mass is 10.1. The number of rotatable bonds is 4. The molecule has 0 spiro atoms. The van der Waals surface area contributed by atoms with E-state index in [0.29, 0.717) is 5.13 Å². The van der Waals surface area contributed by atoms with Crippen molar-refractivity contribution in [1.29, 1.82) is 0 Å². The first kappa shape index (κ1) is 15.4. The van der Waals surface area contributed by atoms with Gasteiger partial charge in [-0.3, -0.25) is 9.89 Å². The van der Waals surface area contributed by atoms with Crippen LogP contribution >= 0.6 is 11.3 Å². The first-order chi connectivity index (χ1) is 12.2. The standard InChI is InChI=1S/C19H15N3O2S/c1-24-15-9-5-8-14(10-15)16-11-18(23)22(21-16)19-20-17(12-25-19)13-6-3-2-4-7-13/h2-12,21H,1H3. The van der Waals surface area contributed by atoms with E-state index >= 15 is 0 Å². The molecule has 0 saturated carbocycles. The first-order valence-electron chi connectivity index (χ1n) is 7.72. The molecule has 4 aromatic rings. The van der Waals surface area contributed by atoms with Crippen LogP contribution in [-0.2, 0) is 0 Å². The first-order valence-corrected chi connectivity index (χ1v) is 8.60. The Kier molecular flexibility index (Phi) is 3.95. The minimum atomic E-state index is -0.146. The summed E-state index contributed by atoms with van der Waals surface area (Å²) >= 11 is 1.42. The summed E-state index contributed by atoms with van der Waals surface area (Å²) in [5.41, 5.74) is 3.34. The van der Waals surface area contributed by atoms with Gasteiger partial charge in [-0.1, -0.05) is 42.5 Å². The van der Waals surface area contributed by atoms with Crippen LogP contribution in [0.25, 0.3) is 27.6 Å². The van der Waals surface area contributed by atoms with Gasteiger partial charge in [-0.15, -0.1) is 11.3 Å². The van der Waals surface area contributed by atoms with Crippen LogP contribution in [-0.4, -0.2) is 21.9 Å². The number of aromatic nitrogens is 3. The lowest BCUT2D eigenvalue weighted by molar-refractivity contribution is 0.415. The van der Waals surface area contributed by atoms with Crippen LogP contribution in [0.2, 0.25) is 0 Å². The highest BCUT2D eigenvalue weighted by Gasteiger charge is 2.11. The van der Waals surface area contributed by atoms with Crippen molar-refractivity contribution in [1.82, 2.24) is 14.8 Å². The van der Waals surface area contributed by atoms with Crippen molar-refractivity contribution in [2.75, 3.05) is 7.11 Å². The van der Waals surface area contributed by atoms with Gasteiger partial charge in [0.15, 0.2) is 0 Å². The number of nitrogens with zero attached hydrogens (tertiary/aromatic N) is 2. The van der Waals surface area contributed by atoms with Crippen molar-refractivity contribution in [2.45, 2.75) is 0 Å². The molecule has 0 amide bonds. The summed E-state index contributed by atoms with van der Waals surface area (Å²) in [5, 5.41) is 5.68. The number of thiazole rings is 1. The smallest absolute Gasteiger partial charge is 0.273 e. The second-order valence-electron chi connectivity index (χ2n) is 5.46. The van der Waals surface area contributed by atoms with Gasteiger partial charge in [-0.2, -0.15) is 4.68 Å². The minimum Gasteiger partial charge on any atom is -0.497 e. The summed E-state index contributed by atoms with van der Waals surface area (Å²) in [6.45, 7) is 0. The minimum absolute atomic E-state index is 0.146. The third kappa shape index (κ3) is 2.99. The van der Waals surface area contributed by atoms with E-state index in [1.165, 1.54) is 16.0 Å². The number of ether oxygens (including phenoxy) is 1. The van der Waals surface area contributed by atoms with Crippen LogP contribution in [0.15, 0.2) is 70.8 Å². The quantitative estimate of drug-likeness (QED) is 0.606. The summed E-state index contributed by atoms with van der Waals surface area (Å²) in [5.74, 6) is 0.742. The Hall–Kier alpha value is -3.12. The average molecular weight is 349 g/mol. The van der Waals surface area contributed by atoms with Gasteiger partial charge >= 0.3 is 0 Å². The van der Waals surface area contributed by atoms with Gasteiger partial charge in [0.05, 0.1) is 18.5 Å². The zero-order chi connectivity index (χ0) is 17.2. The molecule has 25 heavy (non-hydrogen) atoms. The molecule has 0 aliphatic heterocycles. The van der Waals surface area contributed by atoms with Crippen LogP contribution in [0.3, 0.4) is 0 Å². The molecule has 0 atom stereocenters. The lowest BCUT2D eigenvalue weighted by Gasteiger charge is -2.02. The van der Waals surface area contributed by atoms with Crippen LogP contribution < -0.4 is 10.3 Å². The maximum atomic E-state index is 12.4. The van der Waals surface area contributed by atoms with E-state index in [2.05, 4.69) is 10.1 Å². The molecule has 0 bridgehead atoms. The molecule has 0 aliphatic carbocycles. The SMILES string of the molecule is COc1cccc(-c2cc(=O)n(-c3nc(-c4ccccc4)cs3)[nH]2)c1. The van der Waals surface area contributed by atoms with E-state index in [4.69, 9.17) is 4.74 Å². The maximum absolute atomic E-state index is 12.4. The molecule has 6 heteroatoms. The van der Waals surface area contributed by atoms with Gasteiger partial charge in [-0.05, 0) is 12.1 Å². The largest absolute Gasteiger partial charge is 0.497 e. The Bertz CT molecular complexity index is 1060. The molecule has 2 aromatic heterocycles. The maximum Gasteiger partial charge on any atom is 0.273 e. The van der Waals surface area contributed by atoms with Gasteiger partial charge in [0.2, 0.25) is 5.13 Å². The second kappa shape index (κ2) is 6.41. The zero-order valence-electron chi connectivity index (χ0n) is 13.5. The highest BCUT2D eigenvalue weighted by atomic mass is 32.1. The van der Waals surface area contributed by atoms with Gasteiger partial charge in [0.1, 0.15) is 5.75 Å². The number of hydrogen-bond acceptors (Lipinski definition) is 4. The van der Waals surface area contributed by atoms with Crippen molar-refractivity contribution in [3.63, 3.8) is 0 Å². The Balaban J connectivity index is 1.72. The predicted octanol–water partition coefficient (Wildman–Crippen LogP) is 3.96. The number of methoxy groups -OCH3 is 1.